The van der Waals surface area contributed by atoms with Gasteiger partial charge in [0.15, 0.2) is 5.96 Å². The smallest absolute Gasteiger partial charge is 0.416 e. The Bertz CT molecular complexity index is 810. The maximum absolute atomic E-state index is 13.8. The second-order valence-electron chi connectivity index (χ2n) is 7.85. The number of carbonyl (C=O) groups is 1. The molecular weight excluding hydrogens is 413 g/mol. The summed E-state index contributed by atoms with van der Waals surface area (Å²) in [6.07, 6.45) is -4.47. The van der Waals surface area contributed by atoms with Gasteiger partial charge >= 0.3 is 12.1 Å². The molecule has 0 radical (unpaired) electrons. The van der Waals surface area contributed by atoms with Crippen molar-refractivity contribution in [3.05, 3.63) is 29.3 Å². The van der Waals surface area contributed by atoms with Crippen molar-refractivity contribution >= 4 is 17.6 Å². The van der Waals surface area contributed by atoms with Crippen LogP contribution in [-0.2, 0) is 27.0 Å². The number of alkyl halides is 3. The number of aliphatic imine (C=N–C) groups is 1. The average Bonchev–Trinajstić information content (AvgIpc) is 3.15. The van der Waals surface area contributed by atoms with Crippen LogP contribution >= 0.6 is 0 Å². The largest absolute Gasteiger partial charge is 0.469 e. The maximum Gasteiger partial charge on any atom is 0.416 e. The van der Waals surface area contributed by atoms with Crippen LogP contribution in [0.5, 0.6) is 0 Å². The second-order valence-corrected chi connectivity index (χ2v) is 7.85. The van der Waals surface area contributed by atoms with Crippen LogP contribution in [0.4, 0.5) is 18.9 Å². The minimum atomic E-state index is -4.47. The van der Waals surface area contributed by atoms with Gasteiger partial charge in [-0.05, 0) is 23.6 Å². The number of benzene rings is 1. The summed E-state index contributed by atoms with van der Waals surface area (Å²) in [5.41, 5.74) is 0.0159. The average molecular weight is 442 g/mol. The predicted molar refractivity (Wildman–Crippen MR) is 111 cm³/mol. The third kappa shape index (κ3) is 5.41. The third-order valence-corrected chi connectivity index (χ3v) is 5.84. The summed E-state index contributed by atoms with van der Waals surface area (Å²) in [7, 11) is 2.93. The van der Waals surface area contributed by atoms with Crippen molar-refractivity contribution < 1.29 is 27.4 Å². The summed E-state index contributed by atoms with van der Waals surface area (Å²) < 4.78 is 51.4. The number of halogens is 3. The molecule has 0 bridgehead atoms. The number of anilines is 1. The highest BCUT2D eigenvalue weighted by atomic mass is 19.4. The molecule has 2 aliphatic heterocycles. The molecule has 10 heteroatoms. The van der Waals surface area contributed by atoms with Crippen LogP contribution in [0.2, 0.25) is 0 Å². The maximum atomic E-state index is 13.8. The fourth-order valence-corrected chi connectivity index (χ4v) is 4.11. The molecule has 0 spiro atoms. The minimum absolute atomic E-state index is 0.0291. The molecule has 7 nitrogen and oxygen atoms in total. The fourth-order valence-electron chi connectivity index (χ4n) is 4.11. The summed E-state index contributed by atoms with van der Waals surface area (Å²) in [6, 6.07) is 4.43. The zero-order valence-corrected chi connectivity index (χ0v) is 18.0. The van der Waals surface area contributed by atoms with Crippen molar-refractivity contribution in [2.75, 3.05) is 58.5 Å². The Hall–Kier alpha value is -2.49. The summed E-state index contributed by atoms with van der Waals surface area (Å²) in [5, 5.41) is 3.03. The van der Waals surface area contributed by atoms with Crippen molar-refractivity contribution in [1.29, 1.82) is 0 Å². The second kappa shape index (κ2) is 9.76. The number of nitrogens with one attached hydrogen (secondary N) is 1. The monoisotopic (exact) mass is 442 g/mol. The van der Waals surface area contributed by atoms with Crippen molar-refractivity contribution in [3.8, 4) is 0 Å². The van der Waals surface area contributed by atoms with E-state index in [-0.39, 0.29) is 29.9 Å². The molecule has 2 heterocycles. The number of nitrogens with zero attached hydrogens (tertiary/aromatic N) is 3. The van der Waals surface area contributed by atoms with E-state index in [2.05, 4.69) is 10.3 Å². The van der Waals surface area contributed by atoms with E-state index in [4.69, 9.17) is 9.47 Å². The van der Waals surface area contributed by atoms with Gasteiger partial charge in [-0.25, -0.2) is 0 Å². The van der Waals surface area contributed by atoms with Gasteiger partial charge in [0, 0.05) is 45.5 Å². The topological polar surface area (TPSA) is 66.4 Å². The van der Waals surface area contributed by atoms with Gasteiger partial charge in [0.25, 0.3) is 0 Å². The molecule has 1 N–H and O–H groups in total. The normalized spacial score (nSPS) is 22.6. The first-order chi connectivity index (χ1) is 14.7. The molecule has 1 aromatic rings. The number of likely N-dealkylation sites (tertiary alicyclic amines) is 1. The quantitative estimate of drug-likeness (QED) is 0.439. The molecule has 2 unspecified atom stereocenters. The summed E-state index contributed by atoms with van der Waals surface area (Å²) in [6.45, 7) is 5.03. The highest BCUT2D eigenvalue weighted by Gasteiger charge is 2.37. The van der Waals surface area contributed by atoms with E-state index in [1.165, 1.54) is 19.2 Å². The molecule has 2 saturated heterocycles. The lowest BCUT2D eigenvalue weighted by molar-refractivity contribution is -0.146. The number of rotatable bonds is 4. The molecule has 1 aromatic carbocycles. The van der Waals surface area contributed by atoms with Crippen LogP contribution < -0.4 is 10.2 Å². The Kier molecular flexibility index (Phi) is 7.30. The van der Waals surface area contributed by atoms with Gasteiger partial charge in [0.2, 0.25) is 0 Å². The van der Waals surface area contributed by atoms with E-state index >= 15 is 0 Å². The van der Waals surface area contributed by atoms with E-state index in [1.807, 2.05) is 16.7 Å². The molecule has 2 fully saturated rings. The molecule has 172 valence electrons. The molecule has 3 rings (SSSR count). The van der Waals surface area contributed by atoms with Gasteiger partial charge in [0.05, 0.1) is 31.8 Å². The Morgan fingerprint density at radius 3 is 2.61 bits per heavy atom. The number of hydrogen-bond donors (Lipinski definition) is 1. The van der Waals surface area contributed by atoms with E-state index < -0.39 is 11.7 Å². The van der Waals surface area contributed by atoms with Crippen LogP contribution in [0.25, 0.3) is 0 Å². The van der Waals surface area contributed by atoms with Gasteiger partial charge in [0.1, 0.15) is 0 Å². The number of esters is 1. The van der Waals surface area contributed by atoms with Crippen molar-refractivity contribution in [2.45, 2.75) is 19.6 Å². The van der Waals surface area contributed by atoms with Crippen LogP contribution in [0.1, 0.15) is 18.1 Å². The Morgan fingerprint density at radius 1 is 1.29 bits per heavy atom. The molecule has 31 heavy (non-hydrogen) atoms. The van der Waals surface area contributed by atoms with Crippen molar-refractivity contribution in [1.82, 2.24) is 10.2 Å². The number of carbonyl (C=O) groups excluding carboxylic acids is 1. The van der Waals surface area contributed by atoms with Crippen molar-refractivity contribution in [3.63, 3.8) is 0 Å². The zero-order valence-electron chi connectivity index (χ0n) is 18.0. The predicted octanol–water partition coefficient (Wildman–Crippen LogP) is 2.36. The molecular formula is C21H29F3N4O3. The number of morpholine rings is 1. The summed E-state index contributed by atoms with van der Waals surface area (Å²) >= 11 is 0. The summed E-state index contributed by atoms with van der Waals surface area (Å²) in [4.78, 5) is 19.9. The summed E-state index contributed by atoms with van der Waals surface area (Å²) in [5.74, 6) is -0.0567. The first kappa shape index (κ1) is 23.2. The lowest BCUT2D eigenvalue weighted by Gasteiger charge is -2.30. The molecule has 2 atom stereocenters. The number of guanidine groups is 1. The van der Waals surface area contributed by atoms with Gasteiger partial charge < -0.3 is 24.6 Å². The number of methoxy groups -OCH3 is 1. The first-order valence-corrected chi connectivity index (χ1v) is 10.3. The van der Waals surface area contributed by atoms with Crippen molar-refractivity contribution in [2.24, 2.45) is 16.8 Å². The Labute approximate surface area is 180 Å². The van der Waals surface area contributed by atoms with Crippen LogP contribution in [0, 0.1) is 11.8 Å². The Morgan fingerprint density at radius 2 is 2.00 bits per heavy atom. The number of ether oxygens (including phenoxy) is 2. The molecule has 0 amide bonds. The van der Waals surface area contributed by atoms with E-state index in [1.54, 1.807) is 13.1 Å². The molecule has 0 aromatic heterocycles. The van der Waals surface area contributed by atoms with E-state index in [9.17, 15) is 18.0 Å². The fraction of sp³-hybridized carbons (Fsp3) is 0.619. The van der Waals surface area contributed by atoms with Gasteiger partial charge in [-0.1, -0.05) is 13.0 Å². The van der Waals surface area contributed by atoms with Crippen LogP contribution in [0.3, 0.4) is 0 Å². The van der Waals surface area contributed by atoms with Crippen LogP contribution in [-0.4, -0.2) is 70.4 Å². The zero-order chi connectivity index (χ0) is 22.6. The highest BCUT2D eigenvalue weighted by molar-refractivity contribution is 5.82. The SMILES string of the molecule is CN=C(NCc1ccc(N2CCOCC2)cc1C(F)(F)F)N1CC(C)C(C(=O)OC)C1. The van der Waals surface area contributed by atoms with E-state index in [0.717, 1.165) is 0 Å². The van der Waals surface area contributed by atoms with E-state index in [0.29, 0.717) is 51.0 Å². The molecule has 2 aliphatic rings. The van der Waals surface area contributed by atoms with Crippen LogP contribution in [0.15, 0.2) is 23.2 Å². The molecule has 0 aliphatic carbocycles. The minimum Gasteiger partial charge on any atom is -0.469 e. The first-order valence-electron chi connectivity index (χ1n) is 10.3. The van der Waals surface area contributed by atoms with Gasteiger partial charge in [-0.3, -0.25) is 9.79 Å². The third-order valence-electron chi connectivity index (χ3n) is 5.84. The Balaban J connectivity index is 1.73. The standard InChI is InChI=1S/C21H29F3N4O3/c1-14-12-28(13-17(14)19(29)30-3)20(25-2)26-11-15-4-5-16(10-18(15)21(22,23)24)27-6-8-31-9-7-27/h4-5,10,14,17H,6-9,11-13H2,1-3H3,(H,25,26). The van der Waals surface area contributed by atoms with Gasteiger partial charge in [-0.15, -0.1) is 0 Å². The lowest BCUT2D eigenvalue weighted by Crippen LogP contribution is -2.40. The number of hydrogen-bond acceptors (Lipinski definition) is 5. The van der Waals surface area contributed by atoms with Gasteiger partial charge in [-0.2, -0.15) is 13.2 Å². The highest BCUT2D eigenvalue weighted by Crippen LogP contribution is 2.35. The molecule has 0 saturated carbocycles. The lowest BCUT2D eigenvalue weighted by atomic mass is 9.99.